The van der Waals surface area contributed by atoms with Gasteiger partial charge in [-0.25, -0.2) is 4.68 Å². The first kappa shape index (κ1) is 25.5. The molecular formula is C26H32IN7. The molecule has 2 aromatic carbocycles. The molecule has 34 heavy (non-hydrogen) atoms. The van der Waals surface area contributed by atoms with Gasteiger partial charge in [0.1, 0.15) is 0 Å². The minimum absolute atomic E-state index is 0. The summed E-state index contributed by atoms with van der Waals surface area (Å²) in [5.74, 6) is 0.790. The van der Waals surface area contributed by atoms with Crippen molar-refractivity contribution in [1.29, 1.82) is 0 Å². The maximum atomic E-state index is 4.75. The van der Waals surface area contributed by atoms with Gasteiger partial charge >= 0.3 is 0 Å². The largest absolute Gasteiger partial charge is 0.356 e. The van der Waals surface area contributed by atoms with E-state index in [0.29, 0.717) is 6.54 Å². The molecule has 0 fully saturated rings. The zero-order valence-electron chi connectivity index (χ0n) is 19.9. The Hall–Kier alpha value is -3.14. The van der Waals surface area contributed by atoms with Crippen molar-refractivity contribution in [1.82, 2.24) is 30.2 Å². The Balaban J connectivity index is 0.00000324. The van der Waals surface area contributed by atoms with E-state index in [0.717, 1.165) is 36.9 Å². The van der Waals surface area contributed by atoms with E-state index in [1.165, 1.54) is 22.4 Å². The van der Waals surface area contributed by atoms with Gasteiger partial charge in [-0.3, -0.25) is 9.67 Å². The highest BCUT2D eigenvalue weighted by molar-refractivity contribution is 14.0. The molecule has 0 aliphatic heterocycles. The number of aliphatic imine (C=N–C) groups is 1. The summed E-state index contributed by atoms with van der Waals surface area (Å²) in [4.78, 5) is 4.37. The Kier molecular flexibility index (Phi) is 9.26. The number of nitrogens with one attached hydrogen (secondary N) is 2. The third-order valence-electron chi connectivity index (χ3n) is 5.77. The zero-order valence-corrected chi connectivity index (χ0v) is 22.2. The number of halogens is 1. The molecule has 0 amide bonds. The van der Waals surface area contributed by atoms with Crippen molar-refractivity contribution in [2.45, 2.75) is 33.4 Å². The van der Waals surface area contributed by atoms with E-state index in [9.17, 15) is 0 Å². The first-order chi connectivity index (χ1) is 16.1. The van der Waals surface area contributed by atoms with Crippen LogP contribution in [0, 0.1) is 13.8 Å². The van der Waals surface area contributed by atoms with E-state index in [2.05, 4.69) is 87.8 Å². The molecule has 0 aliphatic rings. The van der Waals surface area contributed by atoms with Gasteiger partial charge in [-0.15, -0.1) is 24.0 Å². The normalized spacial score (nSPS) is 11.2. The van der Waals surface area contributed by atoms with Gasteiger partial charge in [0.25, 0.3) is 0 Å². The Labute approximate surface area is 218 Å². The van der Waals surface area contributed by atoms with Crippen LogP contribution in [-0.4, -0.2) is 39.1 Å². The summed E-state index contributed by atoms with van der Waals surface area (Å²) in [5.41, 5.74) is 7.01. The van der Waals surface area contributed by atoms with Gasteiger partial charge in [0.05, 0.1) is 17.9 Å². The third kappa shape index (κ3) is 6.47. The number of hydrogen-bond acceptors (Lipinski definition) is 3. The third-order valence-corrected chi connectivity index (χ3v) is 5.77. The van der Waals surface area contributed by atoms with Crippen molar-refractivity contribution < 1.29 is 0 Å². The molecule has 0 atom stereocenters. The molecule has 0 aliphatic carbocycles. The van der Waals surface area contributed by atoms with Gasteiger partial charge in [0, 0.05) is 43.8 Å². The van der Waals surface area contributed by atoms with Crippen molar-refractivity contribution in [3.63, 3.8) is 0 Å². The van der Waals surface area contributed by atoms with Crippen LogP contribution in [0.25, 0.3) is 5.69 Å². The highest BCUT2D eigenvalue weighted by Crippen LogP contribution is 2.15. The van der Waals surface area contributed by atoms with E-state index >= 15 is 0 Å². The lowest BCUT2D eigenvalue weighted by Crippen LogP contribution is -2.38. The van der Waals surface area contributed by atoms with Crippen LogP contribution in [0.2, 0.25) is 0 Å². The summed E-state index contributed by atoms with van der Waals surface area (Å²) in [6.07, 6.45) is 4.64. The van der Waals surface area contributed by atoms with Crippen LogP contribution in [0.4, 0.5) is 0 Å². The molecule has 0 unspecified atom stereocenters. The SMILES string of the molecule is CN=C(NCCc1ccc(-n2cccn2)cc1)NCc1c(C)nn(Cc2ccccc2)c1C.I. The minimum Gasteiger partial charge on any atom is -0.356 e. The van der Waals surface area contributed by atoms with Crippen molar-refractivity contribution in [2.24, 2.45) is 4.99 Å². The standard InChI is InChI=1S/C26H31N7.HI/c1-20-25(21(2)33(31-20)19-23-8-5-4-6-9-23)18-29-26(27-3)28-16-14-22-10-12-24(13-11-22)32-17-7-15-30-32;/h4-13,15,17H,14,16,18-19H2,1-3H3,(H2,27,28,29);1H. The molecule has 7 nitrogen and oxygen atoms in total. The van der Waals surface area contributed by atoms with Gasteiger partial charge in [-0.1, -0.05) is 42.5 Å². The predicted octanol–water partition coefficient (Wildman–Crippen LogP) is 4.26. The monoisotopic (exact) mass is 569 g/mol. The van der Waals surface area contributed by atoms with Gasteiger partial charge in [0.15, 0.2) is 5.96 Å². The molecule has 0 saturated heterocycles. The van der Waals surface area contributed by atoms with Gasteiger partial charge < -0.3 is 10.6 Å². The number of aromatic nitrogens is 4. The number of aryl methyl sites for hydroxylation is 1. The Morgan fingerprint density at radius 2 is 1.71 bits per heavy atom. The van der Waals surface area contributed by atoms with Gasteiger partial charge in [-0.2, -0.15) is 10.2 Å². The molecule has 4 rings (SSSR count). The van der Waals surface area contributed by atoms with E-state index in [-0.39, 0.29) is 24.0 Å². The van der Waals surface area contributed by atoms with Crippen molar-refractivity contribution in [3.8, 4) is 5.69 Å². The number of rotatable bonds is 8. The predicted molar refractivity (Wildman–Crippen MR) is 148 cm³/mol. The number of hydrogen-bond donors (Lipinski definition) is 2. The van der Waals surface area contributed by atoms with Crippen LogP contribution in [-0.2, 0) is 19.5 Å². The summed E-state index contributed by atoms with van der Waals surface area (Å²) in [6, 6.07) is 20.8. The molecule has 8 heteroatoms. The Morgan fingerprint density at radius 1 is 0.941 bits per heavy atom. The van der Waals surface area contributed by atoms with Crippen LogP contribution >= 0.6 is 24.0 Å². The second kappa shape index (κ2) is 12.4. The molecular weight excluding hydrogens is 537 g/mol. The lowest BCUT2D eigenvalue weighted by molar-refractivity contribution is 0.657. The summed E-state index contributed by atoms with van der Waals surface area (Å²) in [5, 5.41) is 15.9. The molecule has 4 aromatic rings. The first-order valence-corrected chi connectivity index (χ1v) is 11.2. The van der Waals surface area contributed by atoms with Crippen LogP contribution in [0.3, 0.4) is 0 Å². The maximum Gasteiger partial charge on any atom is 0.191 e. The lowest BCUT2D eigenvalue weighted by atomic mass is 10.1. The average Bonchev–Trinajstić information content (AvgIpc) is 3.46. The van der Waals surface area contributed by atoms with E-state index in [1.807, 2.05) is 23.0 Å². The molecule has 2 N–H and O–H groups in total. The fourth-order valence-corrected chi connectivity index (χ4v) is 3.86. The van der Waals surface area contributed by atoms with E-state index in [4.69, 9.17) is 5.10 Å². The summed E-state index contributed by atoms with van der Waals surface area (Å²) >= 11 is 0. The summed E-state index contributed by atoms with van der Waals surface area (Å²) in [6.45, 7) is 6.45. The van der Waals surface area contributed by atoms with Crippen LogP contribution in [0.1, 0.15) is 28.1 Å². The Morgan fingerprint density at radius 3 is 2.38 bits per heavy atom. The second-order valence-corrected chi connectivity index (χ2v) is 8.01. The highest BCUT2D eigenvalue weighted by atomic mass is 127. The summed E-state index contributed by atoms with van der Waals surface area (Å²) in [7, 11) is 1.80. The first-order valence-electron chi connectivity index (χ1n) is 11.2. The molecule has 0 saturated carbocycles. The molecule has 0 radical (unpaired) electrons. The van der Waals surface area contributed by atoms with Gasteiger partial charge in [-0.05, 0) is 49.6 Å². The molecule has 2 aromatic heterocycles. The molecule has 178 valence electrons. The minimum atomic E-state index is 0. The Bertz CT molecular complexity index is 1180. The molecule has 0 spiro atoms. The second-order valence-electron chi connectivity index (χ2n) is 8.01. The molecule has 0 bridgehead atoms. The number of benzene rings is 2. The average molecular weight is 569 g/mol. The molecule has 2 heterocycles. The van der Waals surface area contributed by atoms with E-state index in [1.54, 1.807) is 13.2 Å². The number of guanidine groups is 1. The maximum absolute atomic E-state index is 4.75. The smallest absolute Gasteiger partial charge is 0.191 e. The summed E-state index contributed by atoms with van der Waals surface area (Å²) < 4.78 is 3.94. The van der Waals surface area contributed by atoms with E-state index < -0.39 is 0 Å². The van der Waals surface area contributed by atoms with Crippen LogP contribution < -0.4 is 10.6 Å². The van der Waals surface area contributed by atoms with Crippen molar-refractivity contribution in [3.05, 3.63) is 101 Å². The fourth-order valence-electron chi connectivity index (χ4n) is 3.86. The van der Waals surface area contributed by atoms with Crippen LogP contribution in [0.5, 0.6) is 0 Å². The van der Waals surface area contributed by atoms with Crippen LogP contribution in [0.15, 0.2) is 78.0 Å². The topological polar surface area (TPSA) is 72.1 Å². The lowest BCUT2D eigenvalue weighted by Gasteiger charge is -2.13. The quantitative estimate of drug-likeness (QED) is 0.189. The van der Waals surface area contributed by atoms with Crippen molar-refractivity contribution in [2.75, 3.05) is 13.6 Å². The zero-order chi connectivity index (χ0) is 23.0. The van der Waals surface area contributed by atoms with Gasteiger partial charge in [0.2, 0.25) is 0 Å². The fraction of sp³-hybridized carbons (Fsp3) is 0.269. The number of nitrogens with zero attached hydrogens (tertiary/aromatic N) is 5. The van der Waals surface area contributed by atoms with Crippen molar-refractivity contribution >= 4 is 29.9 Å². The highest BCUT2D eigenvalue weighted by Gasteiger charge is 2.12.